The van der Waals surface area contributed by atoms with E-state index in [1.165, 1.54) is 0 Å². The lowest BCUT2D eigenvalue weighted by Gasteiger charge is -2.06. The van der Waals surface area contributed by atoms with Crippen molar-refractivity contribution in [3.63, 3.8) is 0 Å². The Morgan fingerprint density at radius 3 is 2.94 bits per heavy atom. The van der Waals surface area contributed by atoms with Crippen LogP contribution in [-0.2, 0) is 6.54 Å². The fourth-order valence-electron chi connectivity index (χ4n) is 3.39. The lowest BCUT2D eigenvalue weighted by Crippen LogP contribution is -2.24. The highest BCUT2D eigenvalue weighted by atomic mass is 16.7. The molecule has 0 radical (unpaired) electrons. The van der Waals surface area contributed by atoms with Crippen LogP contribution in [0.2, 0.25) is 0 Å². The second kappa shape index (κ2) is 7.11. The highest BCUT2D eigenvalue weighted by molar-refractivity contribution is 5.57. The number of imidazole rings is 1. The summed E-state index contributed by atoms with van der Waals surface area (Å²) in [4.78, 5) is 30.0. The van der Waals surface area contributed by atoms with Crippen LogP contribution in [0.4, 0.5) is 5.95 Å². The fraction of sp³-hybridized carbons (Fsp3) is 0.250. The van der Waals surface area contributed by atoms with Crippen molar-refractivity contribution in [1.29, 1.82) is 0 Å². The maximum Gasteiger partial charge on any atom is 0.326 e. The third kappa shape index (κ3) is 3.41. The number of aromatic amines is 2. The van der Waals surface area contributed by atoms with E-state index in [1.54, 1.807) is 16.8 Å². The Morgan fingerprint density at radius 2 is 2.12 bits per heavy atom. The molecule has 0 saturated heterocycles. The predicted molar refractivity (Wildman–Crippen MR) is 111 cm³/mol. The SMILES string of the molecule is O=c1[nH]c(O)c(/C=c2\cnn3c(=NC4CC4)nc(NCc4ccc5c(c4)OCO5)nc23)[nH]1. The normalized spacial score (nSPS) is 16.2. The largest absolute Gasteiger partial charge is 0.493 e. The molecule has 1 saturated carbocycles. The number of hydrogen-bond acceptors (Lipinski definition) is 9. The molecule has 1 fully saturated rings. The number of hydrogen-bond donors (Lipinski definition) is 4. The molecular weight excluding hydrogens is 416 g/mol. The maximum atomic E-state index is 11.5. The molecule has 12 nitrogen and oxygen atoms in total. The van der Waals surface area contributed by atoms with Gasteiger partial charge in [0.15, 0.2) is 17.1 Å². The summed E-state index contributed by atoms with van der Waals surface area (Å²) in [5, 5.41) is 18.1. The first-order valence-corrected chi connectivity index (χ1v) is 10.1. The van der Waals surface area contributed by atoms with Gasteiger partial charge in [-0.3, -0.25) is 4.98 Å². The number of benzene rings is 1. The van der Waals surface area contributed by atoms with E-state index in [0.29, 0.717) is 34.7 Å². The Bertz CT molecular complexity index is 1510. The van der Waals surface area contributed by atoms with E-state index < -0.39 is 5.69 Å². The van der Waals surface area contributed by atoms with Gasteiger partial charge in [0, 0.05) is 11.8 Å². The molecular formula is C20H18N8O4. The molecule has 1 aliphatic carbocycles. The Kier molecular flexibility index (Phi) is 4.09. The number of aromatic hydroxyl groups is 1. The average molecular weight is 434 g/mol. The Labute approximate surface area is 179 Å². The number of fused-ring (bicyclic) bond motifs is 2. The molecule has 0 spiro atoms. The van der Waals surface area contributed by atoms with Crippen molar-refractivity contribution in [2.45, 2.75) is 25.4 Å². The van der Waals surface area contributed by atoms with Gasteiger partial charge in [-0.05, 0) is 36.6 Å². The zero-order chi connectivity index (χ0) is 21.7. The van der Waals surface area contributed by atoms with Crippen LogP contribution in [0.3, 0.4) is 0 Å². The molecule has 0 unspecified atom stereocenters. The fourth-order valence-corrected chi connectivity index (χ4v) is 3.39. The number of aromatic nitrogens is 6. The van der Waals surface area contributed by atoms with Gasteiger partial charge in [0.2, 0.25) is 18.6 Å². The quantitative estimate of drug-likeness (QED) is 0.337. The van der Waals surface area contributed by atoms with Crippen molar-refractivity contribution in [3.05, 3.63) is 57.0 Å². The lowest BCUT2D eigenvalue weighted by atomic mass is 10.2. The van der Waals surface area contributed by atoms with E-state index in [4.69, 9.17) is 9.47 Å². The molecule has 4 N–H and O–H groups in total. The molecule has 32 heavy (non-hydrogen) atoms. The molecule has 4 heterocycles. The van der Waals surface area contributed by atoms with Gasteiger partial charge in [-0.25, -0.2) is 9.79 Å². The number of H-pyrrole nitrogens is 2. The van der Waals surface area contributed by atoms with E-state index in [-0.39, 0.29) is 24.4 Å². The standard InChI is InChI=1S/C20H18N8O4/c29-17-13(24-20(30)26-17)6-11-8-22-28-16(11)25-18(27-19(28)23-12-2-3-12)21-7-10-1-4-14-15(5-10)32-9-31-14/h1,4-6,8,12,29H,2-3,7,9H2,(H,21,23,27)(H2,24,26,30)/b11-6+. The highest BCUT2D eigenvalue weighted by Gasteiger charge is 2.21. The molecule has 2 aliphatic rings. The first kappa shape index (κ1) is 18.4. The Balaban J connectivity index is 1.40. The summed E-state index contributed by atoms with van der Waals surface area (Å²) in [6.45, 7) is 0.690. The molecule has 0 amide bonds. The summed E-state index contributed by atoms with van der Waals surface area (Å²) in [6, 6.07) is 5.95. The molecule has 3 aromatic heterocycles. The third-order valence-electron chi connectivity index (χ3n) is 5.15. The van der Waals surface area contributed by atoms with Gasteiger partial charge < -0.3 is 24.9 Å². The van der Waals surface area contributed by atoms with Gasteiger partial charge in [0.1, 0.15) is 5.69 Å². The minimum Gasteiger partial charge on any atom is -0.493 e. The summed E-state index contributed by atoms with van der Waals surface area (Å²) >= 11 is 0. The minimum absolute atomic E-state index is 0.223. The smallest absolute Gasteiger partial charge is 0.326 e. The number of anilines is 1. The average Bonchev–Trinajstić information content (AvgIpc) is 3.16. The van der Waals surface area contributed by atoms with Crippen LogP contribution >= 0.6 is 0 Å². The molecule has 4 aromatic rings. The first-order chi connectivity index (χ1) is 15.6. The van der Waals surface area contributed by atoms with Crippen molar-refractivity contribution in [2.75, 3.05) is 12.1 Å². The molecule has 0 bridgehead atoms. The second-order valence-electron chi connectivity index (χ2n) is 7.57. The summed E-state index contributed by atoms with van der Waals surface area (Å²) < 4.78 is 12.3. The first-order valence-electron chi connectivity index (χ1n) is 10.1. The van der Waals surface area contributed by atoms with Crippen LogP contribution in [0.15, 0.2) is 34.2 Å². The van der Waals surface area contributed by atoms with Crippen molar-refractivity contribution >= 4 is 17.7 Å². The van der Waals surface area contributed by atoms with Crippen LogP contribution in [0.25, 0.3) is 11.7 Å². The summed E-state index contributed by atoms with van der Waals surface area (Å²) in [7, 11) is 0. The van der Waals surface area contributed by atoms with Gasteiger partial charge in [0.05, 0.1) is 12.2 Å². The van der Waals surface area contributed by atoms with E-state index in [2.05, 4.69) is 35.3 Å². The molecule has 12 heteroatoms. The van der Waals surface area contributed by atoms with E-state index in [9.17, 15) is 9.90 Å². The van der Waals surface area contributed by atoms with Crippen LogP contribution in [-0.4, -0.2) is 47.5 Å². The zero-order valence-electron chi connectivity index (χ0n) is 16.7. The maximum absolute atomic E-state index is 11.5. The van der Waals surface area contributed by atoms with Gasteiger partial charge in [0.25, 0.3) is 5.62 Å². The number of nitrogens with one attached hydrogen (secondary N) is 3. The van der Waals surface area contributed by atoms with Gasteiger partial charge in [-0.1, -0.05) is 6.07 Å². The number of rotatable bonds is 5. The van der Waals surface area contributed by atoms with Crippen LogP contribution in [0.5, 0.6) is 17.4 Å². The predicted octanol–water partition coefficient (Wildman–Crippen LogP) is -0.202. The number of ether oxygens (including phenoxy) is 2. The zero-order valence-corrected chi connectivity index (χ0v) is 16.7. The third-order valence-corrected chi connectivity index (χ3v) is 5.15. The summed E-state index contributed by atoms with van der Waals surface area (Å²) in [5.41, 5.74) is 1.65. The van der Waals surface area contributed by atoms with Gasteiger partial charge >= 0.3 is 5.69 Å². The van der Waals surface area contributed by atoms with Crippen LogP contribution < -0.4 is 31.3 Å². The summed E-state index contributed by atoms with van der Waals surface area (Å²) in [5.74, 6) is 1.56. The molecule has 6 rings (SSSR count). The van der Waals surface area contributed by atoms with Crippen LogP contribution in [0, 0.1) is 0 Å². The lowest BCUT2D eigenvalue weighted by molar-refractivity contribution is 0.174. The van der Waals surface area contributed by atoms with Crippen molar-refractivity contribution in [3.8, 4) is 17.4 Å². The Hall–Kier alpha value is -4.35. The monoisotopic (exact) mass is 434 g/mol. The molecule has 0 atom stereocenters. The molecule has 1 aliphatic heterocycles. The topological polar surface area (TPSA) is 155 Å². The summed E-state index contributed by atoms with van der Waals surface area (Å²) in [6.07, 6.45) is 5.21. The van der Waals surface area contributed by atoms with Crippen molar-refractivity contribution in [2.24, 2.45) is 4.99 Å². The van der Waals surface area contributed by atoms with E-state index in [0.717, 1.165) is 24.2 Å². The van der Waals surface area contributed by atoms with E-state index in [1.807, 2.05) is 18.2 Å². The second-order valence-corrected chi connectivity index (χ2v) is 7.57. The van der Waals surface area contributed by atoms with Crippen LogP contribution in [0.1, 0.15) is 24.1 Å². The van der Waals surface area contributed by atoms with Crippen molar-refractivity contribution < 1.29 is 14.6 Å². The van der Waals surface area contributed by atoms with E-state index >= 15 is 0 Å². The number of nitrogens with zero attached hydrogens (tertiary/aromatic N) is 5. The molecule has 1 aromatic carbocycles. The highest BCUT2D eigenvalue weighted by Crippen LogP contribution is 2.32. The molecule has 162 valence electrons. The Morgan fingerprint density at radius 1 is 1.25 bits per heavy atom. The van der Waals surface area contributed by atoms with Gasteiger partial charge in [-0.2, -0.15) is 19.6 Å². The van der Waals surface area contributed by atoms with Crippen molar-refractivity contribution in [1.82, 2.24) is 29.5 Å². The minimum atomic E-state index is -0.504. The van der Waals surface area contributed by atoms with Gasteiger partial charge in [-0.15, -0.1) is 0 Å².